The number of nitrogens with zero attached hydrogens (tertiary/aromatic N) is 3. The van der Waals surface area contributed by atoms with Crippen LogP contribution in [-0.4, -0.2) is 25.8 Å². The lowest BCUT2D eigenvalue weighted by Gasteiger charge is -2.08. The Morgan fingerprint density at radius 1 is 1.30 bits per heavy atom. The van der Waals surface area contributed by atoms with Crippen molar-refractivity contribution in [3.8, 4) is 0 Å². The maximum absolute atomic E-state index is 7.66. The smallest absolute Gasteiger partial charge is 0.181 e. The van der Waals surface area contributed by atoms with E-state index in [0.717, 1.165) is 21.0 Å². The highest BCUT2D eigenvalue weighted by Crippen LogP contribution is 2.32. The van der Waals surface area contributed by atoms with E-state index in [0.29, 0.717) is 11.2 Å². The number of fused-ring (bicyclic) bond motifs is 1. The molecule has 2 aromatic heterocycles. The molecule has 0 aliphatic carbocycles. The van der Waals surface area contributed by atoms with Crippen molar-refractivity contribution in [3.63, 3.8) is 0 Å². The lowest BCUT2D eigenvalue weighted by Crippen LogP contribution is -2.12. The first-order valence-corrected chi connectivity index (χ1v) is 6.74. The average Bonchev–Trinajstić information content (AvgIpc) is 2.88. The Morgan fingerprint density at radius 3 is 2.95 bits per heavy atom. The molecule has 4 N–H and O–H groups in total. The Morgan fingerprint density at radius 2 is 2.15 bits per heavy atom. The third kappa shape index (κ3) is 2.23. The fraction of sp³-hybridized carbons (Fsp3) is 0.0769. The van der Waals surface area contributed by atoms with E-state index < -0.39 is 0 Å². The van der Waals surface area contributed by atoms with Gasteiger partial charge in [-0.3, -0.25) is 5.41 Å². The molecule has 7 heteroatoms. The summed E-state index contributed by atoms with van der Waals surface area (Å²) in [6, 6.07) is 5.78. The first-order valence-electron chi connectivity index (χ1n) is 5.92. The summed E-state index contributed by atoms with van der Waals surface area (Å²) in [4.78, 5) is 16.4. The van der Waals surface area contributed by atoms with E-state index in [1.54, 1.807) is 6.33 Å². The highest BCUT2D eigenvalue weighted by Gasteiger charge is 2.12. The Labute approximate surface area is 119 Å². The monoisotopic (exact) mass is 284 g/mol. The van der Waals surface area contributed by atoms with E-state index in [1.165, 1.54) is 18.1 Å². The molecule has 0 spiro atoms. The second-order valence-corrected chi connectivity index (χ2v) is 5.33. The number of hydrogen-bond donors (Lipinski definition) is 3. The van der Waals surface area contributed by atoms with Gasteiger partial charge in [0.05, 0.1) is 6.33 Å². The predicted molar refractivity (Wildman–Crippen MR) is 78.0 cm³/mol. The van der Waals surface area contributed by atoms with Crippen LogP contribution in [0.1, 0.15) is 11.1 Å². The van der Waals surface area contributed by atoms with Crippen LogP contribution in [0.5, 0.6) is 0 Å². The normalized spacial score (nSPS) is 10.8. The number of benzene rings is 1. The number of amidine groups is 1. The number of rotatable bonds is 3. The van der Waals surface area contributed by atoms with Gasteiger partial charge >= 0.3 is 0 Å². The van der Waals surface area contributed by atoms with Gasteiger partial charge in [-0.1, -0.05) is 17.8 Å². The summed E-state index contributed by atoms with van der Waals surface area (Å²) in [7, 11) is 0. The molecule has 1 aromatic carbocycles. The molecular formula is C13H12N6S. The standard InChI is InChI=1S/C13H12N6S/c1-7-2-3-8(11(14)15)9(4-7)20-13-10-12(17-5-16-10)18-6-19-13/h2-6H,1H3,(H3,14,15)(H,16,17,18,19). The Kier molecular flexibility index (Phi) is 3.11. The van der Waals surface area contributed by atoms with E-state index in [1.807, 2.05) is 25.1 Å². The number of hydrogen-bond acceptors (Lipinski definition) is 5. The zero-order chi connectivity index (χ0) is 14.1. The van der Waals surface area contributed by atoms with Gasteiger partial charge in [0, 0.05) is 10.5 Å². The summed E-state index contributed by atoms with van der Waals surface area (Å²) in [6.45, 7) is 2.00. The molecule has 100 valence electrons. The fourth-order valence-electron chi connectivity index (χ4n) is 1.86. The first kappa shape index (κ1) is 12.6. The van der Waals surface area contributed by atoms with Crippen LogP contribution < -0.4 is 5.73 Å². The number of nitrogens with one attached hydrogen (secondary N) is 2. The van der Waals surface area contributed by atoms with Crippen LogP contribution in [0.3, 0.4) is 0 Å². The minimum absolute atomic E-state index is 0.0439. The van der Waals surface area contributed by atoms with Gasteiger partial charge in [0.15, 0.2) is 5.65 Å². The molecule has 0 aliphatic heterocycles. The van der Waals surface area contributed by atoms with Crippen molar-refractivity contribution >= 4 is 28.8 Å². The molecule has 0 aliphatic rings. The lowest BCUT2D eigenvalue weighted by atomic mass is 10.1. The summed E-state index contributed by atoms with van der Waals surface area (Å²) in [5.74, 6) is 0.0439. The minimum Gasteiger partial charge on any atom is -0.384 e. The zero-order valence-corrected chi connectivity index (χ0v) is 11.5. The van der Waals surface area contributed by atoms with Crippen molar-refractivity contribution in [2.24, 2.45) is 5.73 Å². The largest absolute Gasteiger partial charge is 0.384 e. The number of aromatic amines is 1. The predicted octanol–water partition coefficient (Wildman–Crippen LogP) is 2.10. The number of nitrogen functional groups attached to an aromatic ring is 1. The van der Waals surface area contributed by atoms with Crippen LogP contribution in [0.4, 0.5) is 0 Å². The molecule has 0 radical (unpaired) electrons. The van der Waals surface area contributed by atoms with Crippen LogP contribution in [0, 0.1) is 12.3 Å². The molecule has 3 rings (SSSR count). The molecule has 0 fully saturated rings. The van der Waals surface area contributed by atoms with E-state index in [9.17, 15) is 0 Å². The Balaban J connectivity index is 2.09. The van der Waals surface area contributed by atoms with Gasteiger partial charge in [0.1, 0.15) is 22.7 Å². The molecule has 20 heavy (non-hydrogen) atoms. The molecule has 0 saturated heterocycles. The van der Waals surface area contributed by atoms with Gasteiger partial charge in [0.2, 0.25) is 0 Å². The van der Waals surface area contributed by atoms with Crippen molar-refractivity contribution in [1.82, 2.24) is 19.9 Å². The quantitative estimate of drug-likeness (QED) is 0.388. The maximum Gasteiger partial charge on any atom is 0.181 e. The third-order valence-electron chi connectivity index (χ3n) is 2.82. The zero-order valence-electron chi connectivity index (χ0n) is 10.7. The van der Waals surface area contributed by atoms with E-state index >= 15 is 0 Å². The minimum atomic E-state index is 0.0439. The van der Waals surface area contributed by atoms with Crippen LogP contribution in [0.25, 0.3) is 11.2 Å². The van der Waals surface area contributed by atoms with Crippen molar-refractivity contribution in [2.45, 2.75) is 16.8 Å². The van der Waals surface area contributed by atoms with Gasteiger partial charge < -0.3 is 10.7 Å². The molecular weight excluding hydrogens is 272 g/mol. The Bertz CT molecular complexity index is 794. The first-order chi connectivity index (χ1) is 9.65. The van der Waals surface area contributed by atoms with Crippen molar-refractivity contribution < 1.29 is 0 Å². The molecule has 0 amide bonds. The van der Waals surface area contributed by atoms with Crippen LogP contribution >= 0.6 is 11.8 Å². The summed E-state index contributed by atoms with van der Waals surface area (Å²) in [6.07, 6.45) is 3.07. The molecule has 0 bridgehead atoms. The molecule has 0 unspecified atom stereocenters. The summed E-state index contributed by atoms with van der Waals surface area (Å²) in [5.41, 5.74) is 8.84. The topological polar surface area (TPSA) is 104 Å². The van der Waals surface area contributed by atoms with Crippen LogP contribution in [0.15, 0.2) is 40.8 Å². The third-order valence-corrected chi connectivity index (χ3v) is 3.88. The van der Waals surface area contributed by atoms with Crippen LogP contribution in [-0.2, 0) is 0 Å². The molecule has 0 saturated carbocycles. The number of nitrogens with two attached hydrogens (primary N) is 1. The number of aromatic nitrogens is 4. The molecule has 6 nitrogen and oxygen atoms in total. The summed E-state index contributed by atoms with van der Waals surface area (Å²) in [5, 5.41) is 8.42. The maximum atomic E-state index is 7.66. The van der Waals surface area contributed by atoms with Gasteiger partial charge in [-0.2, -0.15) is 0 Å². The van der Waals surface area contributed by atoms with Crippen molar-refractivity contribution in [1.29, 1.82) is 5.41 Å². The number of H-pyrrole nitrogens is 1. The molecule has 3 aromatic rings. The number of imidazole rings is 1. The molecule has 2 heterocycles. The van der Waals surface area contributed by atoms with Gasteiger partial charge in [-0.25, -0.2) is 15.0 Å². The summed E-state index contributed by atoms with van der Waals surface area (Å²) >= 11 is 1.45. The number of aryl methyl sites for hydroxylation is 1. The highest BCUT2D eigenvalue weighted by atomic mass is 32.2. The van der Waals surface area contributed by atoms with Crippen LogP contribution in [0.2, 0.25) is 0 Å². The SMILES string of the molecule is Cc1ccc(C(=N)N)c(Sc2ncnc3nc[nH]c23)c1. The van der Waals surface area contributed by atoms with E-state index in [4.69, 9.17) is 11.1 Å². The van der Waals surface area contributed by atoms with Crippen molar-refractivity contribution in [3.05, 3.63) is 42.0 Å². The summed E-state index contributed by atoms with van der Waals surface area (Å²) < 4.78 is 0. The Hall–Kier alpha value is -2.41. The second-order valence-electron chi connectivity index (χ2n) is 4.30. The van der Waals surface area contributed by atoms with Crippen molar-refractivity contribution in [2.75, 3.05) is 0 Å². The van der Waals surface area contributed by atoms with Gasteiger partial charge in [0.25, 0.3) is 0 Å². The highest BCUT2D eigenvalue weighted by molar-refractivity contribution is 7.99. The lowest BCUT2D eigenvalue weighted by molar-refractivity contribution is 1.08. The van der Waals surface area contributed by atoms with Gasteiger partial charge in [-0.05, 0) is 24.6 Å². The second kappa shape index (κ2) is 4.93. The van der Waals surface area contributed by atoms with E-state index in [-0.39, 0.29) is 5.84 Å². The molecule has 0 atom stereocenters. The van der Waals surface area contributed by atoms with E-state index in [2.05, 4.69) is 19.9 Å². The fourth-order valence-corrected chi connectivity index (χ4v) is 2.95. The average molecular weight is 284 g/mol. The van der Waals surface area contributed by atoms with Gasteiger partial charge in [-0.15, -0.1) is 0 Å².